The Morgan fingerprint density at radius 1 is 1.25 bits per heavy atom. The van der Waals surface area contributed by atoms with Crippen LogP contribution in [0.25, 0.3) is 11.6 Å². The van der Waals surface area contributed by atoms with Gasteiger partial charge >= 0.3 is 0 Å². The summed E-state index contributed by atoms with van der Waals surface area (Å²) in [5.41, 5.74) is 2.93. The predicted molar refractivity (Wildman–Crippen MR) is 69.3 cm³/mol. The van der Waals surface area contributed by atoms with E-state index in [1.54, 1.807) is 5.57 Å². The van der Waals surface area contributed by atoms with Crippen LogP contribution in [-0.4, -0.2) is 0 Å². The van der Waals surface area contributed by atoms with Crippen molar-refractivity contribution in [1.29, 1.82) is 0 Å². The molecular weight excluding hydrogens is 192 g/mol. The molecule has 0 saturated heterocycles. The fraction of sp³-hybridized carbons (Fsp3) is 0.375. The third-order valence-corrected chi connectivity index (χ3v) is 3.94. The highest BCUT2D eigenvalue weighted by atomic mass is 14.3. The molecule has 16 heavy (non-hydrogen) atoms. The van der Waals surface area contributed by atoms with E-state index < -0.39 is 0 Å². The van der Waals surface area contributed by atoms with Crippen LogP contribution in [0.1, 0.15) is 25.3 Å². The van der Waals surface area contributed by atoms with Crippen molar-refractivity contribution < 1.29 is 0 Å². The second-order valence-corrected chi connectivity index (χ2v) is 5.16. The fourth-order valence-electron chi connectivity index (χ4n) is 3.08. The molecule has 0 saturated carbocycles. The van der Waals surface area contributed by atoms with Crippen molar-refractivity contribution in [2.24, 2.45) is 11.8 Å². The summed E-state index contributed by atoms with van der Waals surface area (Å²) in [5.74, 6) is 1.44. The highest BCUT2D eigenvalue weighted by Crippen LogP contribution is 2.32. The van der Waals surface area contributed by atoms with Crippen LogP contribution in [0.5, 0.6) is 0 Å². The molecule has 1 aromatic rings. The van der Waals surface area contributed by atoms with Crippen LogP contribution in [0.3, 0.4) is 0 Å². The molecule has 0 aliphatic heterocycles. The standard InChI is InChI=1S/C16H18/c1-11-7-8-15-13(9-11)10-12(2)14-5-3-4-6-16(14)15/h4,6-10,12,14H,3,5H2,1-2H3. The van der Waals surface area contributed by atoms with E-state index in [1.807, 2.05) is 0 Å². The first kappa shape index (κ1) is 9.89. The first-order valence-corrected chi connectivity index (χ1v) is 6.25. The van der Waals surface area contributed by atoms with Gasteiger partial charge in [0.2, 0.25) is 0 Å². The topological polar surface area (TPSA) is 0 Å². The van der Waals surface area contributed by atoms with Crippen LogP contribution < -0.4 is 10.4 Å². The van der Waals surface area contributed by atoms with Gasteiger partial charge in [0.25, 0.3) is 0 Å². The lowest BCUT2D eigenvalue weighted by atomic mass is 9.76. The molecule has 0 bridgehead atoms. The van der Waals surface area contributed by atoms with Crippen molar-refractivity contribution in [3.8, 4) is 0 Å². The lowest BCUT2D eigenvalue weighted by Gasteiger charge is -2.28. The van der Waals surface area contributed by atoms with Gasteiger partial charge in [-0.05, 0) is 47.6 Å². The third kappa shape index (κ3) is 1.44. The van der Waals surface area contributed by atoms with Gasteiger partial charge in [-0.25, -0.2) is 0 Å². The van der Waals surface area contributed by atoms with Gasteiger partial charge in [0.05, 0.1) is 0 Å². The van der Waals surface area contributed by atoms with Crippen molar-refractivity contribution in [1.82, 2.24) is 0 Å². The molecule has 0 heterocycles. The number of allylic oxidation sites excluding steroid dienone is 2. The normalized spacial score (nSPS) is 27.0. The minimum Gasteiger partial charge on any atom is -0.0842 e. The number of rotatable bonds is 0. The highest BCUT2D eigenvalue weighted by Gasteiger charge is 2.23. The van der Waals surface area contributed by atoms with Crippen LogP contribution in [0.2, 0.25) is 0 Å². The Labute approximate surface area is 97.0 Å². The second kappa shape index (κ2) is 3.62. The molecule has 3 rings (SSSR count). The number of hydrogen-bond acceptors (Lipinski definition) is 0. The summed E-state index contributed by atoms with van der Waals surface area (Å²) in [4.78, 5) is 0. The van der Waals surface area contributed by atoms with E-state index >= 15 is 0 Å². The Balaban J connectivity index is 2.36. The molecule has 2 aliphatic carbocycles. The fourth-order valence-corrected chi connectivity index (χ4v) is 3.08. The zero-order valence-corrected chi connectivity index (χ0v) is 10.0. The maximum absolute atomic E-state index is 2.45. The van der Waals surface area contributed by atoms with Crippen LogP contribution in [0, 0.1) is 18.8 Å². The van der Waals surface area contributed by atoms with E-state index in [0.29, 0.717) is 5.92 Å². The zero-order chi connectivity index (χ0) is 11.1. The van der Waals surface area contributed by atoms with E-state index in [4.69, 9.17) is 0 Å². The first-order valence-electron chi connectivity index (χ1n) is 6.25. The molecule has 0 N–H and O–H groups in total. The Kier molecular flexibility index (Phi) is 2.24. The molecule has 82 valence electrons. The minimum atomic E-state index is 0.689. The van der Waals surface area contributed by atoms with Crippen LogP contribution in [0.15, 0.2) is 30.4 Å². The summed E-state index contributed by atoms with van der Waals surface area (Å²) in [6, 6.07) is 6.84. The van der Waals surface area contributed by atoms with Gasteiger partial charge in [0, 0.05) is 0 Å². The zero-order valence-electron chi connectivity index (χ0n) is 10.0. The van der Waals surface area contributed by atoms with Crippen LogP contribution in [-0.2, 0) is 0 Å². The summed E-state index contributed by atoms with van der Waals surface area (Å²) in [6.45, 7) is 4.53. The lowest BCUT2D eigenvalue weighted by Crippen LogP contribution is -2.36. The average molecular weight is 210 g/mol. The molecule has 0 spiro atoms. The molecule has 2 unspecified atom stereocenters. The van der Waals surface area contributed by atoms with Gasteiger partial charge < -0.3 is 0 Å². The van der Waals surface area contributed by atoms with E-state index in [-0.39, 0.29) is 0 Å². The lowest BCUT2D eigenvalue weighted by molar-refractivity contribution is 0.502. The molecule has 0 radical (unpaired) electrons. The number of benzene rings is 1. The highest BCUT2D eigenvalue weighted by molar-refractivity contribution is 5.64. The summed E-state index contributed by atoms with van der Waals surface area (Å²) in [5, 5.41) is 2.90. The molecule has 0 heteroatoms. The van der Waals surface area contributed by atoms with Gasteiger partial charge in [-0.2, -0.15) is 0 Å². The summed E-state index contributed by atoms with van der Waals surface area (Å²) in [7, 11) is 0. The van der Waals surface area contributed by atoms with Crippen molar-refractivity contribution in [2.75, 3.05) is 0 Å². The Bertz CT molecular complexity index is 560. The van der Waals surface area contributed by atoms with Gasteiger partial charge in [0.15, 0.2) is 0 Å². The number of fused-ring (bicyclic) bond motifs is 2. The molecule has 2 aliphatic rings. The quantitative estimate of drug-likeness (QED) is 0.617. The minimum absolute atomic E-state index is 0.689. The number of hydrogen-bond donors (Lipinski definition) is 0. The Hall–Kier alpha value is -1.30. The molecule has 0 aromatic heterocycles. The van der Waals surface area contributed by atoms with Crippen LogP contribution >= 0.6 is 0 Å². The summed E-state index contributed by atoms with van der Waals surface area (Å²) in [6.07, 6.45) is 9.69. The van der Waals surface area contributed by atoms with Crippen LogP contribution in [0.4, 0.5) is 0 Å². The maximum Gasteiger partial charge on any atom is -0.00923 e. The van der Waals surface area contributed by atoms with E-state index in [1.165, 1.54) is 28.8 Å². The van der Waals surface area contributed by atoms with E-state index in [2.05, 4.69) is 50.3 Å². The van der Waals surface area contributed by atoms with Gasteiger partial charge in [-0.1, -0.05) is 48.9 Å². The molecule has 1 aromatic carbocycles. The molecule has 0 nitrogen and oxygen atoms in total. The van der Waals surface area contributed by atoms with Gasteiger partial charge in [-0.15, -0.1) is 0 Å². The Morgan fingerprint density at radius 3 is 3.00 bits per heavy atom. The molecule has 2 atom stereocenters. The molecule has 0 fully saturated rings. The second-order valence-electron chi connectivity index (χ2n) is 5.16. The van der Waals surface area contributed by atoms with Crippen molar-refractivity contribution in [3.63, 3.8) is 0 Å². The smallest absolute Gasteiger partial charge is 0.00923 e. The average Bonchev–Trinajstić information content (AvgIpc) is 2.29. The first-order chi connectivity index (χ1) is 7.75. The van der Waals surface area contributed by atoms with Gasteiger partial charge in [-0.3, -0.25) is 0 Å². The summed E-state index contributed by atoms with van der Waals surface area (Å²) >= 11 is 0. The Morgan fingerprint density at radius 2 is 2.12 bits per heavy atom. The molecular formula is C16H18. The largest absolute Gasteiger partial charge is 0.0842 e. The third-order valence-electron chi connectivity index (χ3n) is 3.94. The van der Waals surface area contributed by atoms with E-state index in [0.717, 1.165) is 5.92 Å². The molecule has 0 amide bonds. The van der Waals surface area contributed by atoms with E-state index in [9.17, 15) is 0 Å². The predicted octanol–water partition coefficient (Wildman–Crippen LogP) is 2.54. The number of aryl methyl sites for hydroxylation is 1. The SMILES string of the molecule is Cc1ccc2c(c1)=CC(C)C1CCC=CC=21. The maximum atomic E-state index is 2.45. The van der Waals surface area contributed by atoms with Crippen molar-refractivity contribution in [3.05, 3.63) is 46.4 Å². The summed E-state index contributed by atoms with van der Waals surface area (Å²) < 4.78 is 0. The monoisotopic (exact) mass is 210 g/mol. The van der Waals surface area contributed by atoms with Crippen molar-refractivity contribution >= 4 is 11.6 Å². The van der Waals surface area contributed by atoms with Crippen molar-refractivity contribution in [2.45, 2.75) is 26.7 Å². The van der Waals surface area contributed by atoms with Gasteiger partial charge in [0.1, 0.15) is 0 Å².